The molecule has 1 saturated carbocycles. The highest BCUT2D eigenvalue weighted by Gasteiger charge is 2.43. The highest BCUT2D eigenvalue weighted by atomic mass is 32.2. The van der Waals surface area contributed by atoms with E-state index in [4.69, 9.17) is 4.74 Å². The lowest BCUT2D eigenvalue weighted by molar-refractivity contribution is -0.146. The number of aromatic nitrogens is 2. The average molecular weight is 419 g/mol. The van der Waals surface area contributed by atoms with Crippen LogP contribution >= 0.6 is 23.1 Å². The molecule has 7 nitrogen and oxygen atoms in total. The molecule has 0 spiro atoms. The normalized spacial score (nSPS) is 15.7. The molecule has 0 aromatic carbocycles. The molecule has 28 heavy (non-hydrogen) atoms. The summed E-state index contributed by atoms with van der Waals surface area (Å²) in [7, 11) is 0. The molecule has 1 aliphatic rings. The number of nitriles is 1. The molecule has 0 bridgehead atoms. The van der Waals surface area contributed by atoms with E-state index in [2.05, 4.69) is 21.4 Å². The maximum absolute atomic E-state index is 12.1. The number of carbonyl (C=O) groups excluding carboxylic acids is 2. The minimum Gasteiger partial charge on any atom is -0.455 e. The number of carbonyl (C=O) groups is 2. The Bertz CT molecular complexity index is 978. The molecule has 0 saturated heterocycles. The van der Waals surface area contributed by atoms with Crippen molar-refractivity contribution in [3.8, 4) is 6.07 Å². The third-order valence-corrected chi connectivity index (χ3v) is 6.87. The highest BCUT2D eigenvalue weighted by Crippen LogP contribution is 2.39. The maximum Gasteiger partial charge on any atom is 0.316 e. The van der Waals surface area contributed by atoms with Gasteiger partial charge in [0.05, 0.1) is 11.8 Å². The molecule has 0 aliphatic heterocycles. The van der Waals surface area contributed by atoms with Crippen molar-refractivity contribution in [2.75, 3.05) is 12.4 Å². The van der Waals surface area contributed by atoms with Gasteiger partial charge in [0.25, 0.3) is 5.91 Å². The van der Waals surface area contributed by atoms with Crippen LogP contribution in [0.4, 0.5) is 0 Å². The molecule has 2 aromatic heterocycles. The Hall–Kier alpha value is -2.18. The summed E-state index contributed by atoms with van der Waals surface area (Å²) in [6.07, 6.45) is 1.85. The molecule has 148 valence electrons. The molecular weight excluding hydrogens is 396 g/mol. The summed E-state index contributed by atoms with van der Waals surface area (Å²) in [5, 5.41) is 13.7. The van der Waals surface area contributed by atoms with Crippen molar-refractivity contribution in [2.45, 2.75) is 51.1 Å². The van der Waals surface area contributed by atoms with Crippen molar-refractivity contribution in [2.24, 2.45) is 5.92 Å². The van der Waals surface area contributed by atoms with E-state index in [0.29, 0.717) is 5.82 Å². The van der Waals surface area contributed by atoms with Gasteiger partial charge in [-0.2, -0.15) is 5.26 Å². The van der Waals surface area contributed by atoms with Crippen molar-refractivity contribution in [3.05, 3.63) is 16.3 Å². The lowest BCUT2D eigenvalue weighted by Gasteiger charge is -2.22. The molecule has 2 heterocycles. The second-order valence-corrected chi connectivity index (χ2v) is 9.29. The first-order valence-corrected chi connectivity index (χ1v) is 10.8. The zero-order valence-electron chi connectivity index (χ0n) is 16.3. The highest BCUT2D eigenvalue weighted by molar-refractivity contribution is 8.00. The van der Waals surface area contributed by atoms with Crippen LogP contribution in [0.2, 0.25) is 0 Å². The van der Waals surface area contributed by atoms with Gasteiger partial charge >= 0.3 is 5.97 Å². The molecule has 9 heteroatoms. The Balaban J connectivity index is 1.56. The fourth-order valence-corrected chi connectivity index (χ4v) is 5.01. The van der Waals surface area contributed by atoms with E-state index in [-0.39, 0.29) is 11.7 Å². The molecule has 3 rings (SSSR count). The number of nitrogens with zero attached hydrogens (tertiary/aromatic N) is 3. The largest absolute Gasteiger partial charge is 0.455 e. The number of esters is 1. The Morgan fingerprint density at radius 2 is 2.07 bits per heavy atom. The number of hydrogen-bond acceptors (Lipinski definition) is 8. The van der Waals surface area contributed by atoms with Gasteiger partial charge in [-0.3, -0.25) is 9.59 Å². The van der Waals surface area contributed by atoms with Gasteiger partial charge in [0.2, 0.25) is 0 Å². The van der Waals surface area contributed by atoms with Gasteiger partial charge in [-0.1, -0.05) is 11.8 Å². The monoisotopic (exact) mass is 418 g/mol. The zero-order chi connectivity index (χ0) is 20.5. The van der Waals surface area contributed by atoms with Crippen LogP contribution in [0.3, 0.4) is 0 Å². The van der Waals surface area contributed by atoms with Crippen molar-refractivity contribution in [1.29, 1.82) is 5.26 Å². The lowest BCUT2D eigenvalue weighted by atomic mass is 9.98. The predicted molar refractivity (Wildman–Crippen MR) is 108 cm³/mol. The first kappa shape index (κ1) is 20.6. The lowest BCUT2D eigenvalue weighted by Crippen LogP contribution is -2.48. The van der Waals surface area contributed by atoms with E-state index in [1.165, 1.54) is 16.6 Å². The molecular formula is C19H22N4O3S2. The van der Waals surface area contributed by atoms with Crippen molar-refractivity contribution in [3.63, 3.8) is 0 Å². The summed E-state index contributed by atoms with van der Waals surface area (Å²) < 4.78 is 5.07. The number of fused-ring (bicyclic) bond motifs is 1. The molecule has 1 fully saturated rings. The number of thiophene rings is 1. The second-order valence-electron chi connectivity index (χ2n) is 7.13. The first-order chi connectivity index (χ1) is 13.2. The number of rotatable bonds is 7. The Morgan fingerprint density at radius 3 is 2.71 bits per heavy atom. The fourth-order valence-electron chi connectivity index (χ4n) is 2.94. The van der Waals surface area contributed by atoms with Gasteiger partial charge in [0.1, 0.15) is 21.2 Å². The smallest absolute Gasteiger partial charge is 0.316 e. The predicted octanol–water partition coefficient (Wildman–Crippen LogP) is 3.06. The number of ether oxygens (including phenoxy) is 1. The van der Waals surface area contributed by atoms with Crippen molar-refractivity contribution in [1.82, 2.24) is 15.3 Å². The molecule has 1 atom stereocenters. The molecule has 0 radical (unpaired) electrons. The third kappa shape index (κ3) is 4.45. The summed E-state index contributed by atoms with van der Waals surface area (Å²) >= 11 is 2.89. The Morgan fingerprint density at radius 1 is 1.36 bits per heavy atom. The maximum atomic E-state index is 12.1. The number of amides is 1. The van der Waals surface area contributed by atoms with E-state index in [0.717, 1.165) is 33.6 Å². The standard InChI is InChI=1S/C19H22N4O3S2/c1-10-11(2)28-18-16(10)17(21-12(3)22-18)27-8-15(25)26-7-14(24)23-19(4,9-20)13-5-6-13/h13H,5-8H2,1-4H3,(H,23,24)/t19-/m1/s1. The summed E-state index contributed by atoms with van der Waals surface area (Å²) in [6, 6.07) is 2.15. The summed E-state index contributed by atoms with van der Waals surface area (Å²) in [5.41, 5.74) is 0.225. The van der Waals surface area contributed by atoms with Crippen LogP contribution in [0.1, 0.15) is 36.0 Å². The van der Waals surface area contributed by atoms with Gasteiger partial charge in [-0.15, -0.1) is 11.3 Å². The van der Waals surface area contributed by atoms with Gasteiger partial charge in [-0.05, 0) is 52.0 Å². The van der Waals surface area contributed by atoms with Gasteiger partial charge in [0, 0.05) is 10.3 Å². The van der Waals surface area contributed by atoms with Gasteiger partial charge < -0.3 is 10.1 Å². The van der Waals surface area contributed by atoms with Crippen molar-refractivity contribution >= 4 is 45.2 Å². The van der Waals surface area contributed by atoms with E-state index >= 15 is 0 Å². The quantitative estimate of drug-likeness (QED) is 0.418. The van der Waals surface area contributed by atoms with Crippen LogP contribution in [0.25, 0.3) is 10.2 Å². The minimum absolute atomic E-state index is 0.0469. The van der Waals surface area contributed by atoms with Gasteiger partial charge in [-0.25, -0.2) is 9.97 Å². The number of aryl methyl sites for hydroxylation is 3. The molecule has 1 aliphatic carbocycles. The summed E-state index contributed by atoms with van der Waals surface area (Å²) in [4.78, 5) is 35.1. The molecule has 1 N–H and O–H groups in total. The second kappa shape index (κ2) is 8.05. The molecule has 0 unspecified atom stereocenters. The SMILES string of the molecule is Cc1nc(SCC(=O)OCC(=O)N[C@](C)(C#N)C2CC2)c2c(C)c(C)sc2n1. The Kier molecular flexibility index (Phi) is 5.91. The van der Waals surface area contributed by atoms with Gasteiger partial charge in [0.15, 0.2) is 6.61 Å². The number of thioether (sulfide) groups is 1. The van der Waals surface area contributed by atoms with E-state index < -0.39 is 24.0 Å². The fraction of sp³-hybridized carbons (Fsp3) is 0.526. The third-order valence-electron chi connectivity index (χ3n) is 4.82. The summed E-state index contributed by atoms with van der Waals surface area (Å²) in [6.45, 7) is 7.19. The van der Waals surface area contributed by atoms with Crippen LogP contribution in [0, 0.1) is 38.0 Å². The van der Waals surface area contributed by atoms with Crippen molar-refractivity contribution < 1.29 is 14.3 Å². The van der Waals surface area contributed by atoms with Crippen LogP contribution in [-0.2, 0) is 14.3 Å². The minimum atomic E-state index is -0.892. The number of nitrogens with one attached hydrogen (secondary N) is 1. The molecule has 2 aromatic rings. The first-order valence-electron chi connectivity index (χ1n) is 8.98. The van der Waals surface area contributed by atoms with Crippen LogP contribution in [-0.4, -0.2) is 39.7 Å². The Labute approximate surface area is 171 Å². The van der Waals surface area contributed by atoms with E-state index in [1.54, 1.807) is 18.3 Å². The zero-order valence-corrected chi connectivity index (χ0v) is 17.9. The average Bonchev–Trinajstić information content (AvgIpc) is 3.45. The van der Waals surface area contributed by atoms with Crippen LogP contribution in [0.5, 0.6) is 0 Å². The summed E-state index contributed by atoms with van der Waals surface area (Å²) in [5.74, 6) is -0.0860. The molecule has 1 amide bonds. The number of hydrogen-bond donors (Lipinski definition) is 1. The van der Waals surface area contributed by atoms with Crippen LogP contribution < -0.4 is 5.32 Å². The van der Waals surface area contributed by atoms with Crippen LogP contribution in [0.15, 0.2) is 5.03 Å². The topological polar surface area (TPSA) is 105 Å². The van der Waals surface area contributed by atoms with E-state index in [9.17, 15) is 14.9 Å². The van der Waals surface area contributed by atoms with E-state index in [1.807, 2.05) is 20.8 Å².